The molecule has 1 saturated heterocycles. The predicted molar refractivity (Wildman–Crippen MR) is 86.0 cm³/mol. The zero-order valence-electron chi connectivity index (χ0n) is 12.9. The molecule has 0 spiro atoms. The maximum atomic E-state index is 12.6. The van der Waals surface area contributed by atoms with Gasteiger partial charge in [0.2, 0.25) is 0 Å². The first-order chi connectivity index (χ1) is 10.0. The van der Waals surface area contributed by atoms with Crippen molar-refractivity contribution in [2.24, 2.45) is 0 Å². The van der Waals surface area contributed by atoms with Gasteiger partial charge in [0.1, 0.15) is 11.0 Å². The van der Waals surface area contributed by atoms with Crippen LogP contribution in [-0.4, -0.2) is 59.5 Å². The van der Waals surface area contributed by atoms with Gasteiger partial charge in [-0.2, -0.15) is 0 Å². The molecular weight excluding hydrogens is 288 g/mol. The van der Waals surface area contributed by atoms with Crippen molar-refractivity contribution in [3.8, 4) is 0 Å². The molecule has 1 aromatic heterocycles. The van der Waals surface area contributed by atoms with E-state index < -0.39 is 0 Å². The van der Waals surface area contributed by atoms with Crippen LogP contribution < -0.4 is 5.32 Å². The fourth-order valence-corrected chi connectivity index (χ4v) is 2.72. The smallest absolute Gasteiger partial charge is 0.254 e. The summed E-state index contributed by atoms with van der Waals surface area (Å²) < 4.78 is 0. The maximum Gasteiger partial charge on any atom is 0.254 e. The van der Waals surface area contributed by atoms with Gasteiger partial charge in [-0.05, 0) is 32.9 Å². The Balaban J connectivity index is 2.07. The van der Waals surface area contributed by atoms with E-state index in [4.69, 9.17) is 11.6 Å². The van der Waals surface area contributed by atoms with E-state index in [1.807, 2.05) is 11.8 Å². The van der Waals surface area contributed by atoms with Gasteiger partial charge in [0, 0.05) is 44.3 Å². The van der Waals surface area contributed by atoms with E-state index in [9.17, 15) is 4.79 Å². The number of amides is 1. The normalized spacial score (nSPS) is 16.3. The first-order valence-corrected chi connectivity index (χ1v) is 7.84. The molecule has 1 amide bonds. The molecule has 0 unspecified atom stereocenters. The highest BCUT2D eigenvalue weighted by Gasteiger charge is 2.23. The van der Waals surface area contributed by atoms with Crippen LogP contribution in [0.15, 0.2) is 12.1 Å². The number of carbonyl (C=O) groups excluding carboxylic acids is 1. The average Bonchev–Trinajstić information content (AvgIpc) is 2.46. The monoisotopic (exact) mass is 310 g/mol. The molecule has 1 aliphatic rings. The summed E-state index contributed by atoms with van der Waals surface area (Å²) in [4.78, 5) is 21.0. The summed E-state index contributed by atoms with van der Waals surface area (Å²) in [6.07, 6.45) is 0. The van der Waals surface area contributed by atoms with Gasteiger partial charge in [-0.15, -0.1) is 0 Å². The maximum absolute atomic E-state index is 12.6. The highest BCUT2D eigenvalue weighted by Crippen LogP contribution is 2.17. The molecule has 5 nitrogen and oxygen atoms in total. The van der Waals surface area contributed by atoms with Crippen molar-refractivity contribution >= 4 is 23.3 Å². The van der Waals surface area contributed by atoms with E-state index in [1.54, 1.807) is 12.1 Å². The minimum Gasteiger partial charge on any atom is -0.370 e. The Morgan fingerprint density at radius 3 is 2.57 bits per heavy atom. The van der Waals surface area contributed by atoms with Crippen LogP contribution in [0.2, 0.25) is 5.15 Å². The van der Waals surface area contributed by atoms with E-state index in [1.165, 1.54) is 0 Å². The van der Waals surface area contributed by atoms with Gasteiger partial charge < -0.3 is 10.2 Å². The SMILES string of the molecule is CCNc1cc(C(=O)N2CCN(C(C)C)CC2)cc(Cl)n1. The number of piperazine rings is 1. The molecule has 21 heavy (non-hydrogen) atoms. The topological polar surface area (TPSA) is 48.5 Å². The number of hydrogen-bond donors (Lipinski definition) is 1. The van der Waals surface area contributed by atoms with E-state index in [0.29, 0.717) is 22.6 Å². The first-order valence-electron chi connectivity index (χ1n) is 7.46. The third-order valence-electron chi connectivity index (χ3n) is 3.73. The summed E-state index contributed by atoms with van der Waals surface area (Å²) in [5.41, 5.74) is 0.601. The summed E-state index contributed by atoms with van der Waals surface area (Å²) in [5, 5.41) is 3.44. The summed E-state index contributed by atoms with van der Waals surface area (Å²) in [5.74, 6) is 0.677. The molecule has 2 rings (SSSR count). The number of aromatic nitrogens is 1. The molecule has 1 fully saturated rings. The van der Waals surface area contributed by atoms with Crippen LogP contribution in [0, 0.1) is 0 Å². The van der Waals surface area contributed by atoms with Gasteiger partial charge in [-0.1, -0.05) is 11.6 Å². The average molecular weight is 311 g/mol. The molecular formula is C15H23ClN4O. The third-order valence-corrected chi connectivity index (χ3v) is 3.92. The van der Waals surface area contributed by atoms with Crippen molar-refractivity contribution in [1.29, 1.82) is 0 Å². The number of rotatable bonds is 4. The fourth-order valence-electron chi connectivity index (χ4n) is 2.52. The minimum absolute atomic E-state index is 0.0295. The molecule has 6 heteroatoms. The lowest BCUT2D eigenvalue weighted by Crippen LogP contribution is -2.50. The summed E-state index contributed by atoms with van der Waals surface area (Å²) in [6, 6.07) is 3.93. The number of pyridine rings is 1. The van der Waals surface area contributed by atoms with Gasteiger partial charge in [0.05, 0.1) is 0 Å². The Morgan fingerprint density at radius 2 is 2.00 bits per heavy atom. The molecule has 0 aliphatic carbocycles. The van der Waals surface area contributed by atoms with Gasteiger partial charge >= 0.3 is 0 Å². The summed E-state index contributed by atoms with van der Waals surface area (Å²) >= 11 is 6.00. The molecule has 0 radical (unpaired) electrons. The second kappa shape index (κ2) is 7.09. The number of nitrogens with zero attached hydrogens (tertiary/aromatic N) is 3. The summed E-state index contributed by atoms with van der Waals surface area (Å²) in [7, 11) is 0. The van der Waals surface area contributed by atoms with Gasteiger partial charge in [0.25, 0.3) is 5.91 Å². The minimum atomic E-state index is 0.0295. The van der Waals surface area contributed by atoms with Gasteiger partial charge in [-0.25, -0.2) is 4.98 Å². The Hall–Kier alpha value is -1.33. The Labute approximate surface area is 131 Å². The molecule has 1 aliphatic heterocycles. The fraction of sp³-hybridized carbons (Fsp3) is 0.600. The lowest BCUT2D eigenvalue weighted by molar-refractivity contribution is 0.0595. The van der Waals surface area contributed by atoms with Crippen LogP contribution in [0.25, 0.3) is 0 Å². The van der Waals surface area contributed by atoms with Crippen molar-refractivity contribution in [3.63, 3.8) is 0 Å². The molecule has 0 saturated carbocycles. The van der Waals surface area contributed by atoms with Crippen LogP contribution in [0.1, 0.15) is 31.1 Å². The summed E-state index contributed by atoms with van der Waals surface area (Å²) in [6.45, 7) is 10.4. The van der Waals surface area contributed by atoms with E-state index >= 15 is 0 Å². The second-order valence-corrected chi connectivity index (χ2v) is 5.90. The second-order valence-electron chi connectivity index (χ2n) is 5.52. The van der Waals surface area contributed by atoms with E-state index in [-0.39, 0.29) is 5.91 Å². The number of carbonyl (C=O) groups is 1. The third kappa shape index (κ3) is 4.08. The molecule has 0 aromatic carbocycles. The van der Waals surface area contributed by atoms with Crippen molar-refractivity contribution in [2.75, 3.05) is 38.0 Å². The number of anilines is 1. The van der Waals surface area contributed by atoms with Crippen LogP contribution in [0.4, 0.5) is 5.82 Å². The Bertz CT molecular complexity index is 498. The molecule has 2 heterocycles. The standard InChI is InChI=1S/C15H23ClN4O/c1-4-17-14-10-12(9-13(16)18-14)15(21)20-7-5-19(6-8-20)11(2)3/h9-11H,4-8H2,1-3H3,(H,17,18). The van der Waals surface area contributed by atoms with Crippen molar-refractivity contribution in [3.05, 3.63) is 22.8 Å². The molecule has 116 valence electrons. The van der Waals surface area contributed by atoms with Crippen LogP contribution >= 0.6 is 11.6 Å². The number of halogens is 1. The van der Waals surface area contributed by atoms with Crippen LogP contribution in [0.3, 0.4) is 0 Å². The predicted octanol–water partition coefficient (Wildman–Crippen LogP) is 2.33. The van der Waals surface area contributed by atoms with E-state index in [2.05, 4.69) is 29.0 Å². The van der Waals surface area contributed by atoms with Gasteiger partial charge in [-0.3, -0.25) is 9.69 Å². The molecule has 0 bridgehead atoms. The van der Waals surface area contributed by atoms with Crippen molar-refractivity contribution in [2.45, 2.75) is 26.8 Å². The molecule has 1 aromatic rings. The number of hydrogen-bond acceptors (Lipinski definition) is 4. The van der Waals surface area contributed by atoms with E-state index in [0.717, 1.165) is 32.7 Å². The highest BCUT2D eigenvalue weighted by molar-refractivity contribution is 6.29. The lowest BCUT2D eigenvalue weighted by atomic mass is 10.2. The van der Waals surface area contributed by atoms with Crippen molar-refractivity contribution in [1.82, 2.24) is 14.8 Å². The molecule has 1 N–H and O–H groups in total. The Kier molecular flexibility index (Phi) is 5.42. The first kappa shape index (κ1) is 16.0. The zero-order valence-corrected chi connectivity index (χ0v) is 13.7. The lowest BCUT2D eigenvalue weighted by Gasteiger charge is -2.37. The van der Waals surface area contributed by atoms with Crippen molar-refractivity contribution < 1.29 is 4.79 Å². The molecule has 0 atom stereocenters. The van der Waals surface area contributed by atoms with Crippen LogP contribution in [0.5, 0.6) is 0 Å². The highest BCUT2D eigenvalue weighted by atomic mass is 35.5. The van der Waals surface area contributed by atoms with Gasteiger partial charge in [0.15, 0.2) is 0 Å². The largest absolute Gasteiger partial charge is 0.370 e. The number of nitrogens with one attached hydrogen (secondary N) is 1. The van der Waals surface area contributed by atoms with Crippen LogP contribution in [-0.2, 0) is 0 Å². The Morgan fingerprint density at radius 1 is 1.33 bits per heavy atom. The quantitative estimate of drug-likeness (QED) is 0.867. The zero-order chi connectivity index (χ0) is 15.4.